The van der Waals surface area contributed by atoms with E-state index < -0.39 is 0 Å². The second-order valence-corrected chi connectivity index (χ2v) is 16.0. The van der Waals surface area contributed by atoms with Gasteiger partial charge in [0.05, 0.1) is 5.69 Å². The Morgan fingerprint density at radius 3 is 1.88 bits per heavy atom. The van der Waals surface area contributed by atoms with Crippen LogP contribution in [-0.2, 0) is 10.8 Å². The van der Waals surface area contributed by atoms with Crippen LogP contribution in [0.1, 0.15) is 49.9 Å². The summed E-state index contributed by atoms with van der Waals surface area (Å²) in [6.07, 6.45) is 0. The summed E-state index contributed by atoms with van der Waals surface area (Å²) < 4.78 is 2.66. The summed E-state index contributed by atoms with van der Waals surface area (Å²) in [5.74, 6) is 0. The Kier molecular flexibility index (Phi) is 6.21. The van der Waals surface area contributed by atoms with Crippen LogP contribution in [0, 0.1) is 0 Å². The molecule has 1 heterocycles. The van der Waals surface area contributed by atoms with E-state index >= 15 is 0 Å². The molecule has 2 aliphatic rings. The number of fused-ring (bicyclic) bond motifs is 9. The van der Waals surface area contributed by atoms with Crippen LogP contribution in [0.2, 0.25) is 0 Å². The molecule has 7 aromatic carbocycles. The standard InChI is InChI=1S/C48H37NS/c1-47(2)40-19-8-6-16-35(40)39-29-33(24-26-42(39)47)49(43-21-12-18-38-34-15-5-9-20-41(34)48(3,4)46(38)43)32-14-11-13-30(27-32)31-23-25-37-36-17-7-10-22-44(36)50-45(37)28-31/h5-29H,1-4H3. The topological polar surface area (TPSA) is 3.24 Å². The first-order valence-corrected chi connectivity index (χ1v) is 18.4. The van der Waals surface area contributed by atoms with Crippen LogP contribution in [0.15, 0.2) is 152 Å². The molecule has 0 unspecified atom stereocenters. The lowest BCUT2D eigenvalue weighted by Gasteiger charge is -2.33. The highest BCUT2D eigenvalue weighted by molar-refractivity contribution is 7.25. The second-order valence-electron chi connectivity index (χ2n) is 15.0. The summed E-state index contributed by atoms with van der Waals surface area (Å²) >= 11 is 1.88. The van der Waals surface area contributed by atoms with Crippen molar-refractivity contribution in [1.29, 1.82) is 0 Å². The average molecular weight is 660 g/mol. The Balaban J connectivity index is 1.19. The molecule has 0 spiro atoms. The van der Waals surface area contributed by atoms with E-state index in [4.69, 9.17) is 0 Å². The van der Waals surface area contributed by atoms with E-state index in [2.05, 4.69) is 184 Å². The smallest absolute Gasteiger partial charge is 0.0508 e. The van der Waals surface area contributed by atoms with Gasteiger partial charge in [0.15, 0.2) is 0 Å². The van der Waals surface area contributed by atoms with Crippen LogP contribution in [0.25, 0.3) is 53.6 Å². The van der Waals surface area contributed by atoms with Gasteiger partial charge < -0.3 is 4.90 Å². The molecule has 1 nitrogen and oxygen atoms in total. The Morgan fingerprint density at radius 2 is 1.04 bits per heavy atom. The molecule has 0 saturated heterocycles. The van der Waals surface area contributed by atoms with Gasteiger partial charge in [-0.2, -0.15) is 0 Å². The molecule has 0 radical (unpaired) electrons. The zero-order valence-corrected chi connectivity index (χ0v) is 29.6. The summed E-state index contributed by atoms with van der Waals surface area (Å²) in [5.41, 5.74) is 16.7. The van der Waals surface area contributed by atoms with Crippen LogP contribution >= 0.6 is 11.3 Å². The molecule has 0 saturated carbocycles. The van der Waals surface area contributed by atoms with Gasteiger partial charge in [0, 0.05) is 42.4 Å². The van der Waals surface area contributed by atoms with Crippen LogP contribution in [0.3, 0.4) is 0 Å². The highest BCUT2D eigenvalue weighted by Crippen LogP contribution is 2.56. The lowest BCUT2D eigenvalue weighted by molar-refractivity contribution is 0.660. The fourth-order valence-corrected chi connectivity index (χ4v) is 10.2. The largest absolute Gasteiger partial charge is 0.310 e. The van der Waals surface area contributed by atoms with Gasteiger partial charge in [0.25, 0.3) is 0 Å². The number of benzene rings is 7. The number of nitrogens with zero attached hydrogens (tertiary/aromatic N) is 1. The lowest BCUT2D eigenvalue weighted by Crippen LogP contribution is -2.21. The Morgan fingerprint density at radius 1 is 0.420 bits per heavy atom. The van der Waals surface area contributed by atoms with Gasteiger partial charge in [0.2, 0.25) is 0 Å². The zero-order valence-electron chi connectivity index (χ0n) is 28.8. The van der Waals surface area contributed by atoms with Crippen LogP contribution in [-0.4, -0.2) is 0 Å². The molecule has 2 heteroatoms. The van der Waals surface area contributed by atoms with Crippen molar-refractivity contribution in [3.63, 3.8) is 0 Å². The number of hydrogen-bond donors (Lipinski definition) is 0. The van der Waals surface area contributed by atoms with Gasteiger partial charge in [-0.1, -0.05) is 137 Å². The molecule has 0 aliphatic heterocycles. The van der Waals surface area contributed by atoms with Gasteiger partial charge in [-0.05, 0) is 98.1 Å². The van der Waals surface area contributed by atoms with Gasteiger partial charge in [0.1, 0.15) is 0 Å². The molecule has 0 N–H and O–H groups in total. The molecule has 1 aromatic heterocycles. The maximum absolute atomic E-state index is 2.52. The van der Waals surface area contributed by atoms with Crippen LogP contribution < -0.4 is 4.90 Å². The molecule has 8 aromatic rings. The normalized spacial score (nSPS) is 14.7. The van der Waals surface area contributed by atoms with E-state index in [0.29, 0.717) is 0 Å². The van der Waals surface area contributed by atoms with E-state index in [9.17, 15) is 0 Å². The van der Waals surface area contributed by atoms with E-state index in [1.54, 1.807) is 0 Å². The van der Waals surface area contributed by atoms with Crippen molar-refractivity contribution in [2.75, 3.05) is 4.90 Å². The minimum Gasteiger partial charge on any atom is -0.310 e. The molecule has 2 aliphatic carbocycles. The fourth-order valence-electron chi connectivity index (χ4n) is 9.01. The van der Waals surface area contributed by atoms with Crippen molar-refractivity contribution in [3.8, 4) is 33.4 Å². The first-order chi connectivity index (χ1) is 24.3. The first-order valence-electron chi connectivity index (χ1n) is 17.6. The van der Waals surface area contributed by atoms with Crippen molar-refractivity contribution < 1.29 is 0 Å². The zero-order chi connectivity index (χ0) is 33.8. The van der Waals surface area contributed by atoms with Gasteiger partial charge in [-0.3, -0.25) is 0 Å². The monoisotopic (exact) mass is 659 g/mol. The molecule has 10 rings (SSSR count). The highest BCUT2D eigenvalue weighted by atomic mass is 32.1. The maximum atomic E-state index is 2.52. The minimum atomic E-state index is -0.157. The van der Waals surface area contributed by atoms with E-state index in [-0.39, 0.29) is 10.8 Å². The Labute approximate surface area is 298 Å². The lowest BCUT2D eigenvalue weighted by atomic mass is 9.81. The van der Waals surface area contributed by atoms with Crippen molar-refractivity contribution in [2.45, 2.75) is 38.5 Å². The maximum Gasteiger partial charge on any atom is 0.0508 e. The molecule has 0 bridgehead atoms. The average Bonchev–Trinajstić information content (AvgIpc) is 3.71. The minimum absolute atomic E-state index is 0.0436. The summed E-state index contributed by atoms with van der Waals surface area (Å²) in [5, 5.41) is 2.66. The molecule has 50 heavy (non-hydrogen) atoms. The third-order valence-corrected chi connectivity index (χ3v) is 12.6. The number of hydrogen-bond acceptors (Lipinski definition) is 2. The van der Waals surface area contributed by atoms with E-state index in [1.807, 2.05) is 11.3 Å². The summed E-state index contributed by atoms with van der Waals surface area (Å²) in [6.45, 7) is 9.49. The summed E-state index contributed by atoms with van der Waals surface area (Å²) in [4.78, 5) is 2.52. The molecule has 240 valence electrons. The third kappa shape index (κ3) is 4.12. The van der Waals surface area contributed by atoms with Crippen molar-refractivity contribution in [1.82, 2.24) is 0 Å². The summed E-state index contributed by atoms with van der Waals surface area (Å²) in [7, 11) is 0. The third-order valence-electron chi connectivity index (χ3n) is 11.4. The molecular formula is C48H37NS. The fraction of sp³-hybridized carbons (Fsp3) is 0.125. The number of rotatable bonds is 4. The van der Waals surface area contributed by atoms with Gasteiger partial charge in [-0.15, -0.1) is 11.3 Å². The Bertz CT molecular complexity index is 2670. The SMILES string of the molecule is CC1(C)c2ccccc2-c2cc(N(c3cccc(-c4ccc5c(c4)sc4ccccc45)c3)c3cccc4c3C(C)(C)c3ccccc3-4)ccc21. The molecule has 0 atom stereocenters. The number of thiophene rings is 1. The Hall–Kier alpha value is -5.44. The van der Waals surface area contributed by atoms with Crippen molar-refractivity contribution in [2.24, 2.45) is 0 Å². The molecule has 0 fully saturated rings. The predicted molar refractivity (Wildman–Crippen MR) is 215 cm³/mol. The summed E-state index contributed by atoms with van der Waals surface area (Å²) in [6, 6.07) is 56.8. The molecule has 0 amide bonds. The van der Waals surface area contributed by atoms with Crippen molar-refractivity contribution in [3.05, 3.63) is 174 Å². The number of anilines is 3. The first kappa shape index (κ1) is 29.5. The van der Waals surface area contributed by atoms with Crippen LogP contribution in [0.4, 0.5) is 17.1 Å². The second kappa shape index (κ2) is 10.5. The predicted octanol–water partition coefficient (Wildman–Crippen LogP) is 13.8. The van der Waals surface area contributed by atoms with Gasteiger partial charge >= 0.3 is 0 Å². The van der Waals surface area contributed by atoms with Gasteiger partial charge in [-0.25, -0.2) is 0 Å². The quantitative estimate of drug-likeness (QED) is 0.182. The van der Waals surface area contributed by atoms with E-state index in [0.717, 1.165) is 5.69 Å². The molecular weight excluding hydrogens is 623 g/mol. The van der Waals surface area contributed by atoms with Crippen LogP contribution in [0.5, 0.6) is 0 Å². The van der Waals surface area contributed by atoms with E-state index in [1.165, 1.54) is 87.2 Å². The highest BCUT2D eigenvalue weighted by Gasteiger charge is 2.40. The van der Waals surface area contributed by atoms with Crippen molar-refractivity contribution >= 4 is 48.6 Å².